The molecule has 238 valence electrons. The molecule has 44 heavy (non-hydrogen) atoms. The van der Waals surface area contributed by atoms with Gasteiger partial charge in [-0.3, -0.25) is 24.1 Å². The van der Waals surface area contributed by atoms with Crippen molar-refractivity contribution in [2.45, 2.75) is 57.4 Å². The number of benzene rings is 2. The van der Waals surface area contributed by atoms with E-state index in [9.17, 15) is 24.3 Å². The number of hydrogen-bond donors (Lipinski definition) is 3. The smallest absolute Gasteiger partial charge is 0.234 e. The number of aliphatic hydroxyl groups excluding tert-OH is 1. The summed E-state index contributed by atoms with van der Waals surface area (Å²) in [6, 6.07) is 12.7. The number of aliphatic hydroxyl groups is 1. The van der Waals surface area contributed by atoms with Crippen molar-refractivity contribution in [1.29, 1.82) is 0 Å². The molecule has 4 rings (SSSR count). The molecular weight excluding hydrogens is 566 g/mol. The summed E-state index contributed by atoms with van der Waals surface area (Å²) < 4.78 is 16.0. The monoisotopic (exact) mass is 609 g/mol. The van der Waals surface area contributed by atoms with Gasteiger partial charge in [-0.1, -0.05) is 36.4 Å². The van der Waals surface area contributed by atoms with Crippen molar-refractivity contribution in [3.8, 4) is 5.75 Å². The molecule has 4 atom stereocenters. The van der Waals surface area contributed by atoms with Crippen LogP contribution in [0.5, 0.6) is 5.75 Å². The number of Topliss-reactive ketones (excluding diaryl/α,β-unsaturated/α-hetero) is 2. The van der Waals surface area contributed by atoms with Gasteiger partial charge in [-0.05, 0) is 55.5 Å². The predicted molar refractivity (Wildman–Crippen MR) is 162 cm³/mol. The number of nitrogens with zero attached hydrogens (tertiary/aromatic N) is 1. The minimum absolute atomic E-state index is 0.0988. The number of carbonyl (C=O) groups is 4. The minimum atomic E-state index is -0.969. The van der Waals surface area contributed by atoms with Crippen molar-refractivity contribution in [3.05, 3.63) is 65.2 Å². The Hall–Kier alpha value is -3.64. The summed E-state index contributed by atoms with van der Waals surface area (Å²) in [7, 11) is 1.57. The van der Waals surface area contributed by atoms with Crippen molar-refractivity contribution < 1.29 is 38.5 Å². The van der Waals surface area contributed by atoms with Gasteiger partial charge < -0.3 is 30.0 Å². The van der Waals surface area contributed by atoms with Gasteiger partial charge in [0.1, 0.15) is 11.4 Å². The van der Waals surface area contributed by atoms with Crippen LogP contribution in [0.2, 0.25) is 0 Å². The second-order valence-corrected chi connectivity index (χ2v) is 11.7. The van der Waals surface area contributed by atoms with Gasteiger partial charge in [-0.25, -0.2) is 0 Å². The minimum Gasteiger partial charge on any atom is -0.497 e. The molecule has 11 heteroatoms. The van der Waals surface area contributed by atoms with E-state index in [1.807, 2.05) is 29.2 Å². The Morgan fingerprint density at radius 1 is 0.955 bits per heavy atom. The molecule has 0 aromatic heterocycles. The zero-order valence-corrected chi connectivity index (χ0v) is 25.7. The van der Waals surface area contributed by atoms with Crippen molar-refractivity contribution in [3.63, 3.8) is 0 Å². The second kappa shape index (κ2) is 15.4. The van der Waals surface area contributed by atoms with Gasteiger partial charge in [-0.2, -0.15) is 0 Å². The van der Waals surface area contributed by atoms with Gasteiger partial charge in [0.25, 0.3) is 0 Å². The summed E-state index contributed by atoms with van der Waals surface area (Å²) in [5.74, 6) is -1.35. The lowest BCUT2D eigenvalue weighted by atomic mass is 9.89. The highest BCUT2D eigenvalue weighted by atomic mass is 16.6. The molecule has 2 fully saturated rings. The van der Waals surface area contributed by atoms with Gasteiger partial charge in [0.05, 0.1) is 52.2 Å². The van der Waals surface area contributed by atoms with Gasteiger partial charge >= 0.3 is 0 Å². The Kier molecular flexibility index (Phi) is 11.6. The van der Waals surface area contributed by atoms with E-state index in [0.29, 0.717) is 32.1 Å². The number of methoxy groups -OCH3 is 1. The lowest BCUT2D eigenvalue weighted by Gasteiger charge is -2.27. The maximum atomic E-state index is 13.8. The quantitative estimate of drug-likeness (QED) is 0.239. The molecule has 2 aromatic carbocycles. The largest absolute Gasteiger partial charge is 0.497 e. The molecule has 2 aromatic rings. The zero-order chi connectivity index (χ0) is 31.7. The standard InChI is InChI=1S/C33H43N3O8/c1-22(34-30(39)19-36-12-14-43-15-13-36)29(38)18-26(16-23-8-10-27(42-3)11-9-23)32(41)35-28(31(40)33(2)21-44-33)17-24-4-6-25(20-37)7-5-24/h4-11,22,26,28,37H,12-21H2,1-3H3,(H,34,39)(H,35,41)/t22-,26+,28-,33+/m0/s1. The second-order valence-electron chi connectivity index (χ2n) is 11.7. The SMILES string of the molecule is COc1ccc(C[C@H](CC(=O)[C@H](C)NC(=O)CN2CCOCC2)C(=O)N[C@@H](Cc2ccc(CO)cc2)C(=O)[C@@]2(C)CO2)cc1. The van der Waals surface area contributed by atoms with Crippen LogP contribution in [0.3, 0.4) is 0 Å². The van der Waals surface area contributed by atoms with Crippen molar-refractivity contribution in [2.24, 2.45) is 5.92 Å². The van der Waals surface area contributed by atoms with Crippen LogP contribution in [0.1, 0.15) is 37.0 Å². The number of nitrogens with one attached hydrogen (secondary N) is 2. The fraction of sp³-hybridized carbons (Fsp3) is 0.515. The number of morpholine rings is 1. The molecule has 0 radical (unpaired) electrons. The molecular formula is C33H43N3O8. The number of rotatable bonds is 16. The maximum Gasteiger partial charge on any atom is 0.234 e. The number of ether oxygens (including phenoxy) is 3. The Balaban J connectivity index is 1.47. The highest BCUT2D eigenvalue weighted by molar-refractivity contribution is 5.98. The van der Waals surface area contributed by atoms with Crippen molar-refractivity contribution in [2.75, 3.05) is 46.6 Å². The van der Waals surface area contributed by atoms with Gasteiger partial charge in [0.2, 0.25) is 11.8 Å². The van der Waals surface area contributed by atoms with E-state index < -0.39 is 29.5 Å². The number of carbonyl (C=O) groups excluding carboxylic acids is 4. The fourth-order valence-corrected chi connectivity index (χ4v) is 5.19. The predicted octanol–water partition coefficient (Wildman–Crippen LogP) is 1.23. The van der Waals surface area contributed by atoms with Crippen molar-refractivity contribution in [1.82, 2.24) is 15.5 Å². The third kappa shape index (κ3) is 9.43. The molecule has 11 nitrogen and oxygen atoms in total. The van der Waals surface area contributed by atoms with Gasteiger partial charge in [0, 0.05) is 25.4 Å². The molecule has 2 aliphatic heterocycles. The van der Waals surface area contributed by atoms with Crippen molar-refractivity contribution >= 4 is 23.4 Å². The Labute approximate surface area is 258 Å². The molecule has 0 spiro atoms. The first-order chi connectivity index (χ1) is 21.1. The van der Waals surface area contributed by atoms with Crippen LogP contribution in [0, 0.1) is 5.92 Å². The van der Waals surface area contributed by atoms with Crippen LogP contribution in [-0.4, -0.2) is 97.6 Å². The van der Waals surface area contributed by atoms with Crippen LogP contribution in [0.25, 0.3) is 0 Å². The third-order valence-corrected chi connectivity index (χ3v) is 8.17. The van der Waals surface area contributed by atoms with E-state index in [-0.39, 0.29) is 56.5 Å². The van der Waals surface area contributed by atoms with Gasteiger partial charge in [0.15, 0.2) is 11.6 Å². The topological polar surface area (TPSA) is 147 Å². The Bertz CT molecular complexity index is 1290. The summed E-state index contributed by atoms with van der Waals surface area (Å²) in [6.45, 7) is 6.08. The summed E-state index contributed by atoms with van der Waals surface area (Å²) in [6.07, 6.45) is 0.346. The zero-order valence-electron chi connectivity index (χ0n) is 25.7. The van der Waals surface area contributed by atoms with Crippen LogP contribution >= 0.6 is 0 Å². The molecule has 3 N–H and O–H groups in total. The van der Waals surface area contributed by atoms with E-state index >= 15 is 0 Å². The lowest BCUT2D eigenvalue weighted by Crippen LogP contribution is -2.50. The number of epoxide rings is 1. The summed E-state index contributed by atoms with van der Waals surface area (Å²) in [5.41, 5.74) is 1.40. The van der Waals surface area contributed by atoms with E-state index in [1.165, 1.54) is 0 Å². The van der Waals surface area contributed by atoms with E-state index in [1.54, 1.807) is 45.2 Å². The number of hydrogen-bond acceptors (Lipinski definition) is 9. The Morgan fingerprint density at radius 3 is 2.14 bits per heavy atom. The summed E-state index contributed by atoms with van der Waals surface area (Å²) in [5, 5.41) is 15.1. The number of ketones is 2. The van der Waals surface area contributed by atoms with Gasteiger partial charge in [-0.15, -0.1) is 0 Å². The highest BCUT2D eigenvalue weighted by Crippen LogP contribution is 2.29. The molecule has 2 heterocycles. The first kappa shape index (κ1) is 33.3. The molecule has 0 unspecified atom stereocenters. The first-order valence-corrected chi connectivity index (χ1v) is 15.0. The number of amides is 2. The van der Waals surface area contributed by atoms with E-state index in [2.05, 4.69) is 10.6 Å². The fourth-order valence-electron chi connectivity index (χ4n) is 5.19. The molecule has 2 amide bonds. The van der Waals surface area contributed by atoms with Crippen LogP contribution in [0.15, 0.2) is 48.5 Å². The van der Waals surface area contributed by atoms with Crippen LogP contribution < -0.4 is 15.4 Å². The average Bonchev–Trinajstić information content (AvgIpc) is 3.79. The molecule has 0 bridgehead atoms. The molecule has 0 saturated carbocycles. The Morgan fingerprint density at radius 2 is 1.55 bits per heavy atom. The molecule has 0 aliphatic carbocycles. The molecule has 2 aliphatic rings. The van der Waals surface area contributed by atoms with E-state index in [0.717, 1.165) is 16.7 Å². The first-order valence-electron chi connectivity index (χ1n) is 15.0. The van der Waals surface area contributed by atoms with Crippen LogP contribution in [-0.2, 0) is 48.1 Å². The molecule has 2 saturated heterocycles. The average molecular weight is 610 g/mol. The normalized spacial score (nSPS) is 20.2. The highest BCUT2D eigenvalue weighted by Gasteiger charge is 2.50. The summed E-state index contributed by atoms with van der Waals surface area (Å²) >= 11 is 0. The maximum absolute atomic E-state index is 13.8. The lowest BCUT2D eigenvalue weighted by molar-refractivity contribution is -0.134. The van der Waals surface area contributed by atoms with E-state index in [4.69, 9.17) is 14.2 Å². The van der Waals surface area contributed by atoms with Crippen LogP contribution in [0.4, 0.5) is 0 Å². The third-order valence-electron chi connectivity index (χ3n) is 8.17. The summed E-state index contributed by atoms with van der Waals surface area (Å²) in [4.78, 5) is 55.2.